The second-order valence-electron chi connectivity index (χ2n) is 6.77. The van der Waals surface area contributed by atoms with Crippen molar-refractivity contribution in [1.82, 2.24) is 0 Å². The first kappa shape index (κ1) is 24.9. The smallest absolute Gasteiger partial charge is 0.292 e. The van der Waals surface area contributed by atoms with Crippen molar-refractivity contribution in [3.05, 3.63) is 29.8 Å². The third-order valence-corrected chi connectivity index (χ3v) is 5.57. The van der Waals surface area contributed by atoms with Crippen LogP contribution in [-0.4, -0.2) is 21.4 Å². The second-order valence-corrected chi connectivity index (χ2v) is 8.35. The molecule has 9 heteroatoms. The van der Waals surface area contributed by atoms with E-state index in [1.807, 2.05) is 0 Å². The van der Waals surface area contributed by atoms with Gasteiger partial charge in [-0.2, -0.15) is 18.6 Å². The number of hydrogen-bond acceptors (Lipinski definition) is 5. The Labute approximate surface area is 165 Å². The molecule has 0 atom stereocenters. The molecule has 0 saturated heterocycles. The molecule has 0 fully saturated rings. The summed E-state index contributed by atoms with van der Waals surface area (Å²) in [5.74, 6) is 4.74. The molecular formula is C19H30F3NO4S. The zero-order valence-electron chi connectivity index (χ0n) is 16.0. The number of nitrogens with two attached hydrogens (primary N) is 1. The Balaban J connectivity index is 1.95. The van der Waals surface area contributed by atoms with Gasteiger partial charge in [-0.05, 0) is 37.0 Å². The average molecular weight is 426 g/mol. The maximum absolute atomic E-state index is 11.8. The van der Waals surface area contributed by atoms with E-state index < -0.39 is 16.5 Å². The van der Waals surface area contributed by atoms with Crippen molar-refractivity contribution < 1.29 is 30.6 Å². The zero-order chi connectivity index (χ0) is 20.9. The van der Waals surface area contributed by atoms with Gasteiger partial charge in [0.15, 0.2) is 0 Å². The molecular weight excluding hydrogens is 395 g/mol. The molecule has 0 aromatic heterocycles. The summed E-state index contributed by atoms with van der Waals surface area (Å²) in [5.41, 5.74) is 1.07. The van der Waals surface area contributed by atoms with Gasteiger partial charge in [0.1, 0.15) is 0 Å². The van der Waals surface area contributed by atoms with E-state index in [0.29, 0.717) is 6.42 Å². The van der Waals surface area contributed by atoms with Gasteiger partial charge in [0, 0.05) is 0 Å². The molecule has 0 aliphatic rings. The molecule has 0 radical (unpaired) electrons. The molecule has 5 nitrogen and oxygen atoms in total. The average Bonchev–Trinajstić information content (AvgIpc) is 2.65. The number of hydrogen-bond donors (Lipinski definition) is 1. The van der Waals surface area contributed by atoms with Crippen LogP contribution in [-0.2, 0) is 25.6 Å². The summed E-state index contributed by atoms with van der Waals surface area (Å²) >= 11 is 0. The second kappa shape index (κ2) is 13.1. The molecule has 1 aromatic rings. The van der Waals surface area contributed by atoms with Crippen molar-refractivity contribution in [1.29, 1.82) is 0 Å². The number of benzene rings is 1. The molecule has 0 unspecified atom stereocenters. The topological polar surface area (TPSA) is 78.6 Å². The predicted molar refractivity (Wildman–Crippen MR) is 101 cm³/mol. The fourth-order valence-corrected chi connectivity index (χ4v) is 3.49. The number of alkyl halides is 3. The molecule has 0 aliphatic carbocycles. The van der Waals surface area contributed by atoms with E-state index in [-0.39, 0.29) is 11.5 Å². The Morgan fingerprint density at radius 3 is 1.71 bits per heavy atom. The molecule has 0 bridgehead atoms. The summed E-state index contributed by atoms with van der Waals surface area (Å²) in [5, 5.41) is 0. The monoisotopic (exact) mass is 425 g/mol. The number of aryl methyl sites for hydroxylation is 1. The van der Waals surface area contributed by atoms with E-state index >= 15 is 0 Å². The lowest BCUT2D eigenvalue weighted by atomic mass is 10.0. The van der Waals surface area contributed by atoms with Crippen LogP contribution in [0.5, 0.6) is 0 Å². The maximum atomic E-state index is 11.8. The minimum atomic E-state index is -4.51. The summed E-state index contributed by atoms with van der Waals surface area (Å²) in [6.45, 7) is -0.247. The minimum absolute atomic E-state index is 0.0478. The van der Waals surface area contributed by atoms with E-state index in [2.05, 4.69) is 9.02 Å². The summed E-state index contributed by atoms with van der Waals surface area (Å²) in [4.78, 5) is 0.0478. The standard InChI is InChI=1S/C19H30F3NO4S/c20-19(21,22)26-16-10-8-6-4-2-1-3-5-7-9-11-17-12-14-18(15-13-17)28(24,25)27-23/h12-15H,1-11,16,23H2. The van der Waals surface area contributed by atoms with Crippen molar-refractivity contribution in [2.45, 2.75) is 81.9 Å². The van der Waals surface area contributed by atoms with Gasteiger partial charge >= 0.3 is 16.5 Å². The highest BCUT2D eigenvalue weighted by atomic mass is 32.2. The number of halogens is 3. The van der Waals surface area contributed by atoms with Crippen LogP contribution in [0.25, 0.3) is 0 Å². The van der Waals surface area contributed by atoms with Crippen molar-refractivity contribution in [3.63, 3.8) is 0 Å². The molecule has 0 heterocycles. The van der Waals surface area contributed by atoms with Crippen LogP contribution >= 0.6 is 0 Å². The summed E-state index contributed by atoms with van der Waals surface area (Å²) in [6.07, 6.45) is 6.31. The molecule has 0 spiro atoms. The fraction of sp³-hybridized carbons (Fsp3) is 0.684. The first-order valence-electron chi connectivity index (χ1n) is 9.67. The molecule has 2 N–H and O–H groups in total. The Morgan fingerprint density at radius 1 is 0.786 bits per heavy atom. The van der Waals surface area contributed by atoms with Gasteiger partial charge in [0.2, 0.25) is 0 Å². The van der Waals surface area contributed by atoms with Crippen LogP contribution in [0, 0.1) is 0 Å². The van der Waals surface area contributed by atoms with Crippen molar-refractivity contribution in [2.75, 3.05) is 6.61 Å². The Kier molecular flexibility index (Phi) is 11.7. The lowest BCUT2D eigenvalue weighted by Crippen LogP contribution is -2.13. The molecule has 1 rings (SSSR count). The molecule has 162 valence electrons. The largest absolute Gasteiger partial charge is 0.522 e. The minimum Gasteiger partial charge on any atom is -0.292 e. The predicted octanol–water partition coefficient (Wildman–Crippen LogP) is 5.25. The third kappa shape index (κ3) is 11.6. The summed E-state index contributed by atoms with van der Waals surface area (Å²) in [6, 6.07) is 6.52. The molecule has 0 aliphatic heterocycles. The Morgan fingerprint density at radius 2 is 1.25 bits per heavy atom. The van der Waals surface area contributed by atoms with E-state index in [1.54, 1.807) is 12.1 Å². The van der Waals surface area contributed by atoms with Crippen LogP contribution < -0.4 is 5.90 Å². The van der Waals surface area contributed by atoms with Gasteiger partial charge in [0.05, 0.1) is 11.5 Å². The zero-order valence-corrected chi connectivity index (χ0v) is 16.9. The van der Waals surface area contributed by atoms with Gasteiger partial charge in [-0.1, -0.05) is 63.5 Å². The van der Waals surface area contributed by atoms with Crippen molar-refractivity contribution >= 4 is 10.1 Å². The molecule has 0 amide bonds. The first-order chi connectivity index (χ1) is 13.2. The van der Waals surface area contributed by atoms with Crippen LogP contribution in [0.3, 0.4) is 0 Å². The van der Waals surface area contributed by atoms with E-state index in [0.717, 1.165) is 69.8 Å². The molecule has 28 heavy (non-hydrogen) atoms. The summed E-state index contributed by atoms with van der Waals surface area (Å²) < 4.78 is 65.9. The van der Waals surface area contributed by atoms with Gasteiger partial charge in [-0.25, -0.2) is 0 Å². The highest BCUT2D eigenvalue weighted by molar-refractivity contribution is 7.86. The molecule has 1 aromatic carbocycles. The van der Waals surface area contributed by atoms with Crippen LogP contribution in [0.4, 0.5) is 13.2 Å². The first-order valence-corrected chi connectivity index (χ1v) is 11.1. The van der Waals surface area contributed by atoms with E-state index in [4.69, 9.17) is 5.90 Å². The quantitative estimate of drug-likeness (QED) is 0.307. The highest BCUT2D eigenvalue weighted by Gasteiger charge is 2.28. The van der Waals surface area contributed by atoms with Crippen LogP contribution in [0.2, 0.25) is 0 Å². The van der Waals surface area contributed by atoms with Gasteiger partial charge in [-0.3, -0.25) is 4.74 Å². The van der Waals surface area contributed by atoms with E-state index in [9.17, 15) is 21.6 Å². The van der Waals surface area contributed by atoms with Crippen LogP contribution in [0.1, 0.15) is 69.8 Å². The maximum Gasteiger partial charge on any atom is 0.522 e. The lowest BCUT2D eigenvalue weighted by Gasteiger charge is -2.07. The number of rotatable bonds is 15. The van der Waals surface area contributed by atoms with E-state index in [1.165, 1.54) is 12.1 Å². The highest BCUT2D eigenvalue weighted by Crippen LogP contribution is 2.18. The third-order valence-electron chi connectivity index (χ3n) is 4.46. The summed E-state index contributed by atoms with van der Waals surface area (Å²) in [7, 11) is -3.84. The Bertz CT molecular complexity index is 634. The Hall–Kier alpha value is -1.16. The lowest BCUT2D eigenvalue weighted by molar-refractivity contribution is -0.324. The van der Waals surface area contributed by atoms with Crippen molar-refractivity contribution in [3.8, 4) is 0 Å². The fourth-order valence-electron chi connectivity index (χ4n) is 2.91. The SMILES string of the molecule is NOS(=O)(=O)c1ccc(CCCCCCCCCCCCOC(F)(F)F)cc1. The van der Waals surface area contributed by atoms with Gasteiger partial charge in [0.25, 0.3) is 0 Å². The molecule has 0 saturated carbocycles. The number of unbranched alkanes of at least 4 members (excludes halogenated alkanes) is 9. The normalized spacial score (nSPS) is 12.4. The van der Waals surface area contributed by atoms with Crippen molar-refractivity contribution in [2.24, 2.45) is 5.90 Å². The van der Waals surface area contributed by atoms with Gasteiger partial charge in [-0.15, -0.1) is 13.2 Å². The van der Waals surface area contributed by atoms with Crippen LogP contribution in [0.15, 0.2) is 29.2 Å². The van der Waals surface area contributed by atoms with Gasteiger partial charge < -0.3 is 0 Å². The number of ether oxygens (including phenoxy) is 1.